The van der Waals surface area contributed by atoms with Crippen LogP contribution in [0.1, 0.15) is 37.6 Å². The quantitative estimate of drug-likeness (QED) is 0.786. The number of carbonyl (C=O) groups is 1. The zero-order valence-electron chi connectivity index (χ0n) is 11.9. The summed E-state index contributed by atoms with van der Waals surface area (Å²) in [5.41, 5.74) is 0.518. The molecular formula is C15H22N2O2. The van der Waals surface area contributed by atoms with Crippen LogP contribution in [0.5, 0.6) is 0 Å². The molecule has 0 radical (unpaired) electrons. The van der Waals surface area contributed by atoms with Gasteiger partial charge in [-0.1, -0.05) is 13.8 Å². The topological polar surface area (TPSA) is 42.4 Å². The van der Waals surface area contributed by atoms with Gasteiger partial charge < -0.3 is 9.64 Å². The lowest BCUT2D eigenvalue weighted by Crippen LogP contribution is -2.38. The van der Waals surface area contributed by atoms with E-state index in [0.717, 1.165) is 24.8 Å². The fraction of sp³-hybridized carbons (Fsp3) is 0.600. The maximum atomic E-state index is 11.6. The minimum absolute atomic E-state index is 0.304. The highest BCUT2D eigenvalue weighted by molar-refractivity contribution is 5.89. The van der Waals surface area contributed by atoms with Gasteiger partial charge in [0.1, 0.15) is 5.82 Å². The van der Waals surface area contributed by atoms with E-state index in [2.05, 4.69) is 23.7 Å². The van der Waals surface area contributed by atoms with Gasteiger partial charge in [-0.05, 0) is 37.3 Å². The summed E-state index contributed by atoms with van der Waals surface area (Å²) < 4.78 is 4.95. The third-order valence-electron chi connectivity index (χ3n) is 3.92. The fourth-order valence-electron chi connectivity index (χ4n) is 2.38. The van der Waals surface area contributed by atoms with E-state index in [1.165, 1.54) is 6.42 Å². The molecule has 2 atom stereocenters. The van der Waals surface area contributed by atoms with E-state index in [1.807, 2.05) is 6.07 Å². The monoisotopic (exact) mass is 262 g/mol. The van der Waals surface area contributed by atoms with E-state index in [-0.39, 0.29) is 5.97 Å². The van der Waals surface area contributed by atoms with E-state index >= 15 is 0 Å². The molecule has 0 aliphatic carbocycles. The van der Waals surface area contributed by atoms with Gasteiger partial charge >= 0.3 is 5.97 Å². The number of piperidine rings is 1. The second-order valence-electron chi connectivity index (χ2n) is 5.31. The number of hydrogen-bond donors (Lipinski definition) is 0. The number of nitrogens with zero attached hydrogens (tertiary/aromatic N) is 2. The third kappa shape index (κ3) is 3.25. The molecule has 1 aromatic heterocycles. The van der Waals surface area contributed by atoms with Crippen LogP contribution in [0.3, 0.4) is 0 Å². The summed E-state index contributed by atoms with van der Waals surface area (Å²) in [5.74, 6) is 2.10. The Morgan fingerprint density at radius 3 is 2.79 bits per heavy atom. The standard InChI is InChI=1S/C15H22N2O2/c1-4-19-15(18)13-5-6-14(16-9-13)17-8-7-11(2)12(3)10-17/h5-6,9,11-12H,4,7-8,10H2,1-3H3. The molecule has 2 unspecified atom stereocenters. The summed E-state index contributed by atoms with van der Waals surface area (Å²) in [6, 6.07) is 3.71. The first-order valence-corrected chi connectivity index (χ1v) is 7.00. The number of ether oxygens (including phenoxy) is 1. The van der Waals surface area contributed by atoms with Crippen LogP contribution in [0, 0.1) is 11.8 Å². The average molecular weight is 262 g/mol. The lowest BCUT2D eigenvalue weighted by atomic mass is 9.89. The van der Waals surface area contributed by atoms with Crippen molar-refractivity contribution in [2.24, 2.45) is 11.8 Å². The lowest BCUT2D eigenvalue weighted by Gasteiger charge is -2.36. The Hall–Kier alpha value is -1.58. The van der Waals surface area contributed by atoms with Gasteiger partial charge in [-0.2, -0.15) is 0 Å². The summed E-state index contributed by atoms with van der Waals surface area (Å²) in [7, 11) is 0. The number of aromatic nitrogens is 1. The summed E-state index contributed by atoms with van der Waals surface area (Å²) in [6.07, 6.45) is 2.80. The highest BCUT2D eigenvalue weighted by Crippen LogP contribution is 2.25. The average Bonchev–Trinajstić information content (AvgIpc) is 2.42. The summed E-state index contributed by atoms with van der Waals surface area (Å²) in [6.45, 7) is 8.85. The highest BCUT2D eigenvalue weighted by atomic mass is 16.5. The molecule has 2 rings (SSSR count). The van der Waals surface area contributed by atoms with Crippen LogP contribution < -0.4 is 4.90 Å². The number of pyridine rings is 1. The first-order valence-electron chi connectivity index (χ1n) is 7.00. The van der Waals surface area contributed by atoms with Gasteiger partial charge in [-0.3, -0.25) is 0 Å². The Labute approximate surface area is 114 Å². The maximum absolute atomic E-state index is 11.6. The fourth-order valence-corrected chi connectivity index (χ4v) is 2.38. The van der Waals surface area contributed by atoms with Crippen molar-refractivity contribution < 1.29 is 9.53 Å². The molecule has 0 bridgehead atoms. The van der Waals surface area contributed by atoms with Crippen LogP contribution in [-0.2, 0) is 4.74 Å². The van der Waals surface area contributed by atoms with Gasteiger partial charge in [0.05, 0.1) is 12.2 Å². The predicted molar refractivity (Wildman–Crippen MR) is 75.4 cm³/mol. The number of rotatable bonds is 3. The van der Waals surface area contributed by atoms with Crippen molar-refractivity contribution in [1.82, 2.24) is 4.98 Å². The molecule has 0 N–H and O–H groups in total. The summed E-state index contributed by atoms with van der Waals surface area (Å²) >= 11 is 0. The minimum atomic E-state index is -0.304. The van der Waals surface area contributed by atoms with Crippen molar-refractivity contribution in [1.29, 1.82) is 0 Å². The molecule has 2 heterocycles. The molecule has 0 aromatic carbocycles. The Kier molecular flexibility index (Phi) is 4.40. The van der Waals surface area contributed by atoms with Crippen molar-refractivity contribution in [2.75, 3.05) is 24.6 Å². The summed E-state index contributed by atoms with van der Waals surface area (Å²) in [4.78, 5) is 18.2. The smallest absolute Gasteiger partial charge is 0.339 e. The van der Waals surface area contributed by atoms with Gasteiger partial charge in [0.15, 0.2) is 0 Å². The SMILES string of the molecule is CCOC(=O)c1ccc(N2CCC(C)C(C)C2)nc1. The van der Waals surface area contributed by atoms with Crippen molar-refractivity contribution in [2.45, 2.75) is 27.2 Å². The van der Waals surface area contributed by atoms with Crippen LogP contribution in [-0.4, -0.2) is 30.6 Å². The molecule has 1 saturated heterocycles. The molecule has 19 heavy (non-hydrogen) atoms. The highest BCUT2D eigenvalue weighted by Gasteiger charge is 2.23. The minimum Gasteiger partial charge on any atom is -0.462 e. The van der Waals surface area contributed by atoms with Crippen molar-refractivity contribution in [3.05, 3.63) is 23.9 Å². The lowest BCUT2D eigenvalue weighted by molar-refractivity contribution is 0.0526. The predicted octanol–water partition coefficient (Wildman–Crippen LogP) is 2.74. The first kappa shape index (κ1) is 13.8. The normalized spacial score (nSPS) is 23.2. The molecule has 1 aliphatic rings. The van der Waals surface area contributed by atoms with Crippen LogP contribution in [0.2, 0.25) is 0 Å². The van der Waals surface area contributed by atoms with Gasteiger partial charge in [0.2, 0.25) is 0 Å². The van der Waals surface area contributed by atoms with E-state index < -0.39 is 0 Å². The first-order chi connectivity index (χ1) is 9.11. The van der Waals surface area contributed by atoms with Crippen molar-refractivity contribution in [3.8, 4) is 0 Å². The molecule has 0 saturated carbocycles. The van der Waals surface area contributed by atoms with Crippen LogP contribution in [0.4, 0.5) is 5.82 Å². The third-order valence-corrected chi connectivity index (χ3v) is 3.92. The number of hydrogen-bond acceptors (Lipinski definition) is 4. The van der Waals surface area contributed by atoms with E-state index in [1.54, 1.807) is 19.2 Å². The molecule has 104 valence electrons. The summed E-state index contributed by atoms with van der Waals surface area (Å²) in [5, 5.41) is 0. The van der Waals surface area contributed by atoms with E-state index in [9.17, 15) is 4.79 Å². The Morgan fingerprint density at radius 1 is 1.42 bits per heavy atom. The Morgan fingerprint density at radius 2 is 2.21 bits per heavy atom. The molecule has 1 aliphatic heterocycles. The second-order valence-corrected chi connectivity index (χ2v) is 5.31. The van der Waals surface area contributed by atoms with E-state index in [4.69, 9.17) is 4.74 Å². The zero-order valence-corrected chi connectivity index (χ0v) is 11.9. The molecule has 0 spiro atoms. The second kappa shape index (κ2) is 6.04. The molecule has 4 heteroatoms. The number of carbonyl (C=O) groups excluding carboxylic acids is 1. The van der Waals surface area contributed by atoms with E-state index in [0.29, 0.717) is 18.1 Å². The molecule has 1 fully saturated rings. The molecular weight excluding hydrogens is 240 g/mol. The van der Waals surface area contributed by atoms with Gasteiger partial charge in [-0.15, -0.1) is 0 Å². The van der Waals surface area contributed by atoms with Gasteiger partial charge in [0, 0.05) is 19.3 Å². The Bertz CT molecular complexity index is 430. The maximum Gasteiger partial charge on any atom is 0.339 e. The van der Waals surface area contributed by atoms with Gasteiger partial charge in [-0.25, -0.2) is 9.78 Å². The molecule has 0 amide bonds. The Balaban J connectivity index is 2.04. The largest absolute Gasteiger partial charge is 0.462 e. The van der Waals surface area contributed by atoms with Crippen LogP contribution >= 0.6 is 0 Å². The van der Waals surface area contributed by atoms with Crippen molar-refractivity contribution in [3.63, 3.8) is 0 Å². The van der Waals surface area contributed by atoms with Gasteiger partial charge in [0.25, 0.3) is 0 Å². The van der Waals surface area contributed by atoms with Crippen LogP contribution in [0.15, 0.2) is 18.3 Å². The number of anilines is 1. The molecule has 1 aromatic rings. The van der Waals surface area contributed by atoms with Crippen LogP contribution in [0.25, 0.3) is 0 Å². The van der Waals surface area contributed by atoms with Crippen molar-refractivity contribution >= 4 is 11.8 Å². The molecule has 4 nitrogen and oxygen atoms in total. The number of esters is 1. The zero-order chi connectivity index (χ0) is 13.8.